The Morgan fingerprint density at radius 2 is 1.71 bits per heavy atom. The molecule has 0 spiro atoms. The fraction of sp³-hybridized carbons (Fsp3) is 0.385. The van der Waals surface area contributed by atoms with E-state index in [-0.39, 0.29) is 5.57 Å². The second kappa shape index (κ2) is 10.6. The van der Waals surface area contributed by atoms with Crippen LogP contribution in [0.3, 0.4) is 0 Å². The minimum Gasteiger partial charge on any atom is -0.872 e. The third-order valence-corrected chi connectivity index (χ3v) is 6.00. The van der Waals surface area contributed by atoms with E-state index in [0.717, 1.165) is 12.1 Å². The first-order chi connectivity index (χ1) is 16.2. The predicted octanol–water partition coefficient (Wildman–Crippen LogP) is 0.779. The first-order valence-corrected chi connectivity index (χ1v) is 11.2. The van der Waals surface area contributed by atoms with Crippen molar-refractivity contribution in [2.24, 2.45) is 0 Å². The van der Waals surface area contributed by atoms with Crippen LogP contribution in [0.1, 0.15) is 29.2 Å². The fourth-order valence-electron chi connectivity index (χ4n) is 4.25. The number of methoxy groups -OCH3 is 3. The van der Waals surface area contributed by atoms with Gasteiger partial charge < -0.3 is 29.1 Å². The SMILES string of the molecule is COc1ccc(C2/C(=C(\[O-])c3ccc(OC)c(C)c3)C(=O)C(=O)N2CCC[NH+](C)C)c(OC)c1. The number of carbonyl (C=O) groups is 2. The highest BCUT2D eigenvalue weighted by atomic mass is 16.5. The number of nitrogens with zero attached hydrogens (tertiary/aromatic N) is 1. The van der Waals surface area contributed by atoms with Crippen molar-refractivity contribution in [2.75, 3.05) is 48.5 Å². The van der Waals surface area contributed by atoms with Crippen molar-refractivity contribution in [1.82, 2.24) is 4.90 Å². The highest BCUT2D eigenvalue weighted by molar-refractivity contribution is 6.46. The molecule has 8 heteroatoms. The second-order valence-electron chi connectivity index (χ2n) is 8.58. The maximum absolute atomic E-state index is 13.6. The summed E-state index contributed by atoms with van der Waals surface area (Å²) in [4.78, 5) is 29.0. The maximum atomic E-state index is 13.6. The molecule has 34 heavy (non-hydrogen) atoms. The minimum atomic E-state index is -0.854. The number of benzene rings is 2. The Kier molecular flexibility index (Phi) is 7.83. The zero-order chi connectivity index (χ0) is 25.0. The van der Waals surface area contributed by atoms with Crippen molar-refractivity contribution in [2.45, 2.75) is 19.4 Å². The van der Waals surface area contributed by atoms with Crippen molar-refractivity contribution < 1.29 is 33.8 Å². The predicted molar refractivity (Wildman–Crippen MR) is 126 cm³/mol. The van der Waals surface area contributed by atoms with E-state index in [1.807, 2.05) is 21.0 Å². The molecule has 1 heterocycles. The molecule has 182 valence electrons. The average molecular weight is 469 g/mol. The van der Waals surface area contributed by atoms with Gasteiger partial charge in [0.25, 0.3) is 5.91 Å². The van der Waals surface area contributed by atoms with Gasteiger partial charge in [-0.05, 0) is 42.3 Å². The Hall–Kier alpha value is -3.52. The normalized spacial score (nSPS) is 17.4. The number of hydrogen-bond donors (Lipinski definition) is 1. The summed E-state index contributed by atoms with van der Waals surface area (Å²) in [5.74, 6) is -0.294. The monoisotopic (exact) mass is 468 g/mol. The highest BCUT2D eigenvalue weighted by Crippen LogP contribution is 2.43. The van der Waals surface area contributed by atoms with E-state index in [1.54, 1.807) is 50.6 Å². The number of rotatable bonds is 9. The van der Waals surface area contributed by atoms with Gasteiger partial charge in [-0.2, -0.15) is 0 Å². The van der Waals surface area contributed by atoms with Crippen LogP contribution in [0, 0.1) is 6.92 Å². The molecule has 0 bridgehead atoms. The third kappa shape index (κ3) is 4.87. The number of likely N-dealkylation sites (tertiary alicyclic amines) is 1. The first kappa shape index (κ1) is 25.1. The molecule has 2 aromatic rings. The molecule has 1 aliphatic heterocycles. The van der Waals surface area contributed by atoms with Crippen LogP contribution in [-0.4, -0.2) is 65.1 Å². The van der Waals surface area contributed by atoms with Gasteiger partial charge in [0.15, 0.2) is 0 Å². The lowest BCUT2D eigenvalue weighted by molar-refractivity contribution is -0.858. The van der Waals surface area contributed by atoms with Crippen LogP contribution in [0.2, 0.25) is 0 Å². The Morgan fingerprint density at radius 1 is 1.00 bits per heavy atom. The van der Waals surface area contributed by atoms with E-state index in [9.17, 15) is 14.7 Å². The van der Waals surface area contributed by atoms with E-state index in [0.29, 0.717) is 41.3 Å². The van der Waals surface area contributed by atoms with Crippen LogP contribution in [0.4, 0.5) is 0 Å². The van der Waals surface area contributed by atoms with Crippen LogP contribution < -0.4 is 24.2 Å². The average Bonchev–Trinajstić information content (AvgIpc) is 3.07. The molecule has 2 aromatic carbocycles. The zero-order valence-corrected chi connectivity index (χ0v) is 20.6. The van der Waals surface area contributed by atoms with Gasteiger partial charge in [0.1, 0.15) is 17.2 Å². The van der Waals surface area contributed by atoms with Crippen molar-refractivity contribution >= 4 is 17.4 Å². The van der Waals surface area contributed by atoms with Gasteiger partial charge in [0.2, 0.25) is 5.78 Å². The van der Waals surface area contributed by atoms with Crippen LogP contribution >= 0.6 is 0 Å². The highest BCUT2D eigenvalue weighted by Gasteiger charge is 2.45. The molecule has 0 saturated carbocycles. The van der Waals surface area contributed by atoms with Crippen LogP contribution in [0.5, 0.6) is 17.2 Å². The Morgan fingerprint density at radius 3 is 2.29 bits per heavy atom. The van der Waals surface area contributed by atoms with Gasteiger partial charge in [-0.15, -0.1) is 0 Å². The Labute approximate surface area is 200 Å². The summed E-state index contributed by atoms with van der Waals surface area (Å²) in [6.07, 6.45) is 0.680. The number of aryl methyl sites for hydroxylation is 1. The van der Waals surface area contributed by atoms with Crippen molar-refractivity contribution in [3.63, 3.8) is 0 Å². The molecule has 1 fully saturated rings. The van der Waals surface area contributed by atoms with Gasteiger partial charge >= 0.3 is 0 Å². The lowest BCUT2D eigenvalue weighted by Gasteiger charge is -2.29. The zero-order valence-electron chi connectivity index (χ0n) is 20.6. The largest absolute Gasteiger partial charge is 0.872 e. The van der Waals surface area contributed by atoms with E-state index >= 15 is 0 Å². The lowest BCUT2D eigenvalue weighted by Crippen LogP contribution is -3.05. The van der Waals surface area contributed by atoms with E-state index < -0.39 is 23.5 Å². The molecular formula is C26H32N2O6. The number of Topliss-reactive ketones (excluding diaryl/α,β-unsaturated/α-hetero) is 1. The third-order valence-electron chi connectivity index (χ3n) is 6.00. The van der Waals surface area contributed by atoms with Gasteiger partial charge in [-0.3, -0.25) is 9.59 Å². The maximum Gasteiger partial charge on any atom is 0.295 e. The van der Waals surface area contributed by atoms with Gasteiger partial charge in [-0.1, -0.05) is 11.8 Å². The molecule has 0 radical (unpaired) electrons. The molecule has 3 rings (SSSR count). The van der Waals surface area contributed by atoms with E-state index in [2.05, 4.69) is 0 Å². The summed E-state index contributed by atoms with van der Waals surface area (Å²) >= 11 is 0. The standard InChI is InChI=1S/C26H32N2O6/c1-16-14-17(8-11-20(16)33-5)24(29)22-23(19-10-9-18(32-4)15-21(19)34-6)28(26(31)25(22)30)13-7-12-27(2)3/h8-11,14-15,23,29H,7,12-13H2,1-6H3/b24-22+. The lowest BCUT2D eigenvalue weighted by atomic mass is 9.94. The molecule has 1 unspecified atom stereocenters. The first-order valence-electron chi connectivity index (χ1n) is 11.2. The molecule has 1 N–H and O–H groups in total. The van der Waals surface area contributed by atoms with Gasteiger partial charge in [0, 0.05) is 30.2 Å². The van der Waals surface area contributed by atoms with Crippen molar-refractivity contribution in [3.8, 4) is 17.2 Å². The molecule has 1 saturated heterocycles. The summed E-state index contributed by atoms with van der Waals surface area (Å²) < 4.78 is 16.2. The number of quaternary nitrogens is 1. The number of amides is 1. The molecule has 1 atom stereocenters. The summed E-state index contributed by atoms with van der Waals surface area (Å²) in [5.41, 5.74) is 1.57. The smallest absolute Gasteiger partial charge is 0.295 e. The molecule has 1 aliphatic rings. The Bertz CT molecular complexity index is 1110. The molecule has 1 amide bonds. The number of carbonyl (C=O) groups excluding carboxylic acids is 2. The summed E-state index contributed by atoms with van der Waals surface area (Å²) in [5, 5.41) is 13.6. The van der Waals surface area contributed by atoms with Crippen LogP contribution in [-0.2, 0) is 9.59 Å². The second-order valence-corrected chi connectivity index (χ2v) is 8.58. The quantitative estimate of drug-likeness (QED) is 0.332. The number of hydrogen-bond acceptors (Lipinski definition) is 6. The van der Waals surface area contributed by atoms with Crippen LogP contribution in [0.25, 0.3) is 5.76 Å². The van der Waals surface area contributed by atoms with Crippen molar-refractivity contribution in [1.29, 1.82) is 0 Å². The fourth-order valence-corrected chi connectivity index (χ4v) is 4.25. The number of ketones is 1. The molecule has 8 nitrogen and oxygen atoms in total. The summed E-state index contributed by atoms with van der Waals surface area (Å²) in [6, 6.07) is 9.27. The molecule has 0 aliphatic carbocycles. The Balaban J connectivity index is 2.18. The molecule has 0 aromatic heterocycles. The van der Waals surface area contributed by atoms with Crippen LogP contribution in [0.15, 0.2) is 42.0 Å². The van der Waals surface area contributed by atoms with Gasteiger partial charge in [0.05, 0.1) is 48.0 Å². The van der Waals surface area contributed by atoms with E-state index in [4.69, 9.17) is 14.2 Å². The molecular weight excluding hydrogens is 436 g/mol. The van der Waals surface area contributed by atoms with Gasteiger partial charge in [-0.25, -0.2) is 0 Å². The minimum absolute atomic E-state index is 0.0739. The summed E-state index contributed by atoms with van der Waals surface area (Å²) in [7, 11) is 8.64. The van der Waals surface area contributed by atoms with E-state index in [1.165, 1.54) is 16.9 Å². The van der Waals surface area contributed by atoms with Crippen molar-refractivity contribution in [3.05, 3.63) is 58.7 Å². The number of nitrogens with one attached hydrogen (secondary N) is 1. The summed E-state index contributed by atoms with van der Waals surface area (Å²) in [6.45, 7) is 2.97. The number of ether oxygens (including phenoxy) is 3. The topological polar surface area (TPSA) is 92.6 Å².